The molecule has 0 amide bonds. The number of ether oxygens (including phenoxy) is 2. The van der Waals surface area contributed by atoms with E-state index in [0.717, 1.165) is 11.3 Å². The van der Waals surface area contributed by atoms with Crippen LogP contribution < -0.4 is 9.47 Å². The molecule has 0 atom stereocenters. The van der Waals surface area contributed by atoms with Crippen molar-refractivity contribution in [3.05, 3.63) is 94.8 Å². The minimum atomic E-state index is -0.359. The quantitative estimate of drug-likeness (QED) is 0.582. The van der Waals surface area contributed by atoms with Crippen LogP contribution in [0.2, 0.25) is 0 Å². The number of methoxy groups -OCH3 is 2. The van der Waals surface area contributed by atoms with Gasteiger partial charge in [-0.25, -0.2) is 4.39 Å². The first-order valence-corrected chi connectivity index (χ1v) is 8.50. The molecule has 3 aromatic rings. The lowest BCUT2D eigenvalue weighted by atomic mass is 10.0. The highest BCUT2D eigenvalue weighted by Crippen LogP contribution is 2.23. The number of rotatable bonds is 4. The predicted molar refractivity (Wildman–Crippen MR) is 105 cm³/mol. The van der Waals surface area contributed by atoms with Gasteiger partial charge >= 0.3 is 0 Å². The molecule has 0 aliphatic heterocycles. The summed E-state index contributed by atoms with van der Waals surface area (Å²) in [4.78, 5) is 12.3. The third-order valence-electron chi connectivity index (χ3n) is 3.96. The first-order chi connectivity index (χ1) is 12.9. The Kier molecular flexibility index (Phi) is 7.12. The van der Waals surface area contributed by atoms with E-state index >= 15 is 0 Å². The Morgan fingerprint density at radius 1 is 0.778 bits per heavy atom. The minimum absolute atomic E-state index is 0.171. The Balaban J connectivity index is 0.000000244. The molecule has 0 aliphatic rings. The number of ketones is 1. The van der Waals surface area contributed by atoms with Crippen molar-refractivity contribution in [2.24, 2.45) is 0 Å². The van der Waals surface area contributed by atoms with Gasteiger partial charge in [0.2, 0.25) is 0 Å². The van der Waals surface area contributed by atoms with Crippen LogP contribution in [0.3, 0.4) is 0 Å². The molecule has 0 fully saturated rings. The molecule has 0 heterocycles. The van der Waals surface area contributed by atoms with Crippen LogP contribution in [0.5, 0.6) is 11.5 Å². The maximum absolute atomic E-state index is 12.8. The van der Waals surface area contributed by atoms with Crippen LogP contribution in [-0.2, 0) is 0 Å². The van der Waals surface area contributed by atoms with Gasteiger partial charge in [0.25, 0.3) is 0 Å². The highest BCUT2D eigenvalue weighted by atomic mass is 19.1. The molecule has 3 rings (SSSR count). The van der Waals surface area contributed by atoms with Gasteiger partial charge < -0.3 is 9.47 Å². The number of hydrogen-bond donors (Lipinski definition) is 0. The molecular weight excluding hydrogens is 343 g/mol. The van der Waals surface area contributed by atoms with E-state index in [0.29, 0.717) is 16.9 Å². The fourth-order valence-electron chi connectivity index (χ4n) is 2.43. The second-order valence-corrected chi connectivity index (χ2v) is 6.06. The van der Waals surface area contributed by atoms with Gasteiger partial charge in [-0.15, -0.1) is 0 Å². The summed E-state index contributed by atoms with van der Waals surface area (Å²) in [6.07, 6.45) is 0. The third-order valence-corrected chi connectivity index (χ3v) is 3.96. The van der Waals surface area contributed by atoms with Gasteiger partial charge in [0.1, 0.15) is 17.3 Å². The van der Waals surface area contributed by atoms with Crippen LogP contribution in [0, 0.1) is 19.7 Å². The summed E-state index contributed by atoms with van der Waals surface area (Å²) in [6.45, 7) is 3.96. The number of benzene rings is 3. The van der Waals surface area contributed by atoms with E-state index in [4.69, 9.17) is 9.47 Å². The number of aryl methyl sites for hydroxylation is 2. The van der Waals surface area contributed by atoms with Crippen molar-refractivity contribution in [2.45, 2.75) is 13.8 Å². The van der Waals surface area contributed by atoms with Crippen LogP contribution in [0.1, 0.15) is 27.0 Å². The zero-order valence-electron chi connectivity index (χ0n) is 16.0. The average Bonchev–Trinajstić information content (AvgIpc) is 2.69. The Labute approximate surface area is 159 Å². The molecule has 0 radical (unpaired) electrons. The molecule has 0 saturated carbocycles. The first kappa shape index (κ1) is 20.2. The molecule has 0 saturated heterocycles. The number of halogens is 1. The van der Waals surface area contributed by atoms with E-state index in [1.165, 1.54) is 36.9 Å². The minimum Gasteiger partial charge on any atom is -0.497 e. The number of carbonyl (C=O) groups excluding carboxylic acids is 1. The second kappa shape index (κ2) is 9.53. The van der Waals surface area contributed by atoms with Gasteiger partial charge in [-0.2, -0.15) is 0 Å². The van der Waals surface area contributed by atoms with E-state index in [1.807, 2.05) is 37.3 Å². The Hall–Kier alpha value is -3.14. The van der Waals surface area contributed by atoms with Crippen molar-refractivity contribution in [2.75, 3.05) is 14.2 Å². The average molecular weight is 366 g/mol. The van der Waals surface area contributed by atoms with Crippen molar-refractivity contribution >= 4 is 5.78 Å². The lowest BCUT2D eigenvalue weighted by Gasteiger charge is -2.08. The van der Waals surface area contributed by atoms with Crippen LogP contribution in [0.25, 0.3) is 0 Å². The summed E-state index contributed by atoms with van der Waals surface area (Å²) in [6, 6.07) is 18.9. The van der Waals surface area contributed by atoms with Gasteiger partial charge in [0, 0.05) is 5.56 Å². The van der Waals surface area contributed by atoms with Crippen molar-refractivity contribution in [1.29, 1.82) is 0 Å². The molecule has 27 heavy (non-hydrogen) atoms. The Morgan fingerprint density at radius 3 is 1.93 bits per heavy atom. The van der Waals surface area contributed by atoms with Gasteiger partial charge in [-0.1, -0.05) is 29.3 Å². The molecule has 3 aromatic carbocycles. The molecule has 0 N–H and O–H groups in total. The van der Waals surface area contributed by atoms with Gasteiger partial charge in [-0.3, -0.25) is 4.79 Å². The Bertz CT molecular complexity index is 885. The zero-order valence-corrected chi connectivity index (χ0v) is 16.0. The van der Waals surface area contributed by atoms with E-state index in [-0.39, 0.29) is 11.6 Å². The van der Waals surface area contributed by atoms with Gasteiger partial charge in [0.15, 0.2) is 5.78 Å². The maximum Gasteiger partial charge on any atom is 0.196 e. The van der Waals surface area contributed by atoms with E-state index in [9.17, 15) is 9.18 Å². The zero-order chi connectivity index (χ0) is 19.8. The first-order valence-electron chi connectivity index (χ1n) is 8.50. The van der Waals surface area contributed by atoms with E-state index in [1.54, 1.807) is 19.2 Å². The smallest absolute Gasteiger partial charge is 0.196 e. The fraction of sp³-hybridized carbons (Fsp3) is 0.174. The topological polar surface area (TPSA) is 35.5 Å². The van der Waals surface area contributed by atoms with Crippen molar-refractivity contribution < 1.29 is 18.7 Å². The lowest BCUT2D eigenvalue weighted by Crippen LogP contribution is -2.04. The van der Waals surface area contributed by atoms with Gasteiger partial charge in [-0.05, 0) is 62.4 Å². The van der Waals surface area contributed by atoms with Crippen LogP contribution in [0.4, 0.5) is 4.39 Å². The van der Waals surface area contributed by atoms with Crippen LogP contribution in [-0.4, -0.2) is 20.0 Å². The molecular formula is C23H23FO3. The summed E-state index contributed by atoms with van der Waals surface area (Å²) in [5, 5.41) is 0. The highest BCUT2D eigenvalue weighted by molar-refractivity contribution is 6.10. The Morgan fingerprint density at radius 2 is 1.37 bits per heavy atom. The predicted octanol–water partition coefficient (Wildman–Crippen LogP) is 5.38. The lowest BCUT2D eigenvalue weighted by molar-refractivity contribution is 0.103. The summed E-state index contributed by atoms with van der Waals surface area (Å²) in [5.74, 6) is 0.911. The highest BCUT2D eigenvalue weighted by Gasteiger charge is 2.14. The van der Waals surface area contributed by atoms with Crippen LogP contribution in [0.15, 0.2) is 66.7 Å². The maximum atomic E-state index is 12.8. The van der Waals surface area contributed by atoms with Crippen LogP contribution >= 0.6 is 0 Å². The van der Waals surface area contributed by atoms with Crippen molar-refractivity contribution in [1.82, 2.24) is 0 Å². The molecule has 0 bridgehead atoms. The molecule has 0 spiro atoms. The SMILES string of the molecule is COc1ccc(C)cc1.COc1ccc(C)cc1C(=O)c1ccc(F)cc1. The molecule has 0 unspecified atom stereocenters. The summed E-state index contributed by atoms with van der Waals surface area (Å²) < 4.78 is 23.0. The molecule has 0 aromatic heterocycles. The number of carbonyl (C=O) groups is 1. The molecule has 140 valence electrons. The fourth-order valence-corrected chi connectivity index (χ4v) is 2.43. The molecule has 4 heteroatoms. The standard InChI is InChI=1S/C15H13FO2.C8H10O/c1-10-3-8-14(18-2)13(9-10)15(17)11-4-6-12(16)7-5-11;1-7-3-5-8(9-2)6-4-7/h3-9H,1-2H3;3-6H,1-2H3. The monoisotopic (exact) mass is 366 g/mol. The van der Waals surface area contributed by atoms with Gasteiger partial charge in [0.05, 0.1) is 19.8 Å². The van der Waals surface area contributed by atoms with E-state index in [2.05, 4.69) is 6.92 Å². The second-order valence-electron chi connectivity index (χ2n) is 6.06. The molecule has 0 aliphatic carbocycles. The van der Waals surface area contributed by atoms with E-state index < -0.39 is 0 Å². The number of hydrogen-bond acceptors (Lipinski definition) is 3. The third kappa shape index (κ3) is 5.68. The normalized spacial score (nSPS) is 9.81. The van der Waals surface area contributed by atoms with Crippen molar-refractivity contribution in [3.63, 3.8) is 0 Å². The molecule has 3 nitrogen and oxygen atoms in total. The summed E-state index contributed by atoms with van der Waals surface area (Å²) >= 11 is 0. The largest absolute Gasteiger partial charge is 0.497 e. The summed E-state index contributed by atoms with van der Waals surface area (Å²) in [5.41, 5.74) is 3.17. The summed E-state index contributed by atoms with van der Waals surface area (Å²) in [7, 11) is 3.19. The van der Waals surface area contributed by atoms with Crippen molar-refractivity contribution in [3.8, 4) is 11.5 Å².